The Labute approximate surface area is 478 Å². The number of halogens is 23. The van der Waals surface area contributed by atoms with E-state index in [1.807, 2.05) is 67.6 Å². The van der Waals surface area contributed by atoms with Crippen LogP contribution in [0.1, 0.15) is 17.2 Å². The summed E-state index contributed by atoms with van der Waals surface area (Å²) in [7, 11) is -2.46. The number of ether oxygens (including phenoxy) is 2. The summed E-state index contributed by atoms with van der Waals surface area (Å²) in [6, 6.07) is 20.6. The zero-order chi connectivity index (χ0) is 39.3. The summed E-state index contributed by atoms with van der Waals surface area (Å²) in [5, 5.41) is 5.00. The molecule has 0 fully saturated rings. The summed E-state index contributed by atoms with van der Waals surface area (Å²) in [6.45, 7) is 1.97. The van der Waals surface area contributed by atoms with E-state index in [0.717, 1.165) is 27.0 Å². The number of carbonyl (C=O) groups excluding carboxylic acids is 2. The largest absolute Gasteiger partial charge is 0.467 e. The van der Waals surface area contributed by atoms with E-state index in [9.17, 15) is 9.59 Å². The van der Waals surface area contributed by atoms with E-state index >= 15 is 0 Å². The van der Waals surface area contributed by atoms with Crippen molar-refractivity contribution in [2.75, 3.05) is 10.6 Å². The molecule has 3 aromatic carbocycles. The molecule has 0 radical (unpaired) electrons. The normalized spacial score (nSPS) is 17.7. The van der Waals surface area contributed by atoms with Gasteiger partial charge in [0.2, 0.25) is 11.1 Å². The number of aryl methyl sites for hydroxylation is 1. The number of hydrogen-bond acceptors (Lipinski definition) is 4. The number of para-hydroxylation sites is 4. The number of rotatable bonds is 8. The molecule has 2 aliphatic rings. The monoisotopic (exact) mass is 3210 g/mol. The minimum absolute atomic E-state index is 0.139. The standard InChI is InChI=1S/C15H12BrNO2.C8H6BrNO2.I11.I10/c1-9-6-7-10(16)8-11(9)14-15(18)17-12-4-2-3-5-13(12)19-14;9-7-8(11)10-5-3-1-2-4-6(5)12-7;1-7-9(4)11(6)10(5)8(2)3;1-7(2)9(5)10(6)8(3)4/h2-8,14H,1H3,(H,17,18);1-4,7H,(H,10,11);;/q;;-1;. The summed E-state index contributed by atoms with van der Waals surface area (Å²) in [6.07, 6.45) is -0.604. The van der Waals surface area contributed by atoms with Crippen molar-refractivity contribution >= 4 is 342 Å². The number of anilines is 2. The first-order chi connectivity index (χ1) is 24.4. The van der Waals surface area contributed by atoms with Crippen molar-refractivity contribution in [3.63, 3.8) is 0 Å². The molecule has 2 N–H and O–H groups in total. The van der Waals surface area contributed by atoms with E-state index in [-0.39, 0.29) is 75.0 Å². The van der Waals surface area contributed by atoms with Crippen molar-refractivity contribution in [2.24, 2.45) is 0 Å². The van der Waals surface area contributed by atoms with Gasteiger partial charge in [-0.25, -0.2) is 0 Å². The minimum Gasteiger partial charge on any atom is -0.467 e. The Hall–Kier alpha value is 12.5. The van der Waals surface area contributed by atoms with E-state index in [1.165, 1.54) is 0 Å². The zero-order valence-electron chi connectivity index (χ0n) is 24.3. The predicted molar refractivity (Wildman–Crippen MR) is 406 cm³/mol. The van der Waals surface area contributed by atoms with Crippen molar-refractivity contribution in [1.82, 2.24) is 0 Å². The third kappa shape index (κ3) is 22.9. The Morgan fingerprint density at radius 2 is 1.10 bits per heavy atom. The fourth-order valence-electron chi connectivity index (χ4n) is 3.32. The third-order valence-electron chi connectivity index (χ3n) is 5.26. The molecule has 29 heteroatoms. The second-order valence-electron chi connectivity index (χ2n) is 8.25. The molecule has 3 aromatic rings. The fourth-order valence-corrected chi connectivity index (χ4v) is 1890. The molecule has 2 unspecified atom stereocenters. The Morgan fingerprint density at radius 1 is 0.654 bits per heavy atom. The second kappa shape index (κ2) is 33.9. The topological polar surface area (TPSA) is 76.7 Å². The summed E-state index contributed by atoms with van der Waals surface area (Å²) in [5.74, 6) is 1.08. The number of benzene rings is 3. The molecule has 2 atom stereocenters. The molecule has 0 aliphatic carbocycles. The average Bonchev–Trinajstić information content (AvgIpc) is 3.11. The van der Waals surface area contributed by atoms with Gasteiger partial charge >= 0.3 is 300 Å². The van der Waals surface area contributed by atoms with Gasteiger partial charge in [0.1, 0.15) is 11.5 Å². The van der Waals surface area contributed by atoms with Crippen LogP contribution in [0.2, 0.25) is 0 Å². The first kappa shape index (κ1) is 60.6. The molecule has 0 spiro atoms. The summed E-state index contributed by atoms with van der Waals surface area (Å²) >= 11 is 41.1. The fraction of sp³-hybridized carbons (Fsp3) is 0.130. The van der Waals surface area contributed by atoms with E-state index < -0.39 is 11.1 Å². The van der Waals surface area contributed by atoms with Crippen LogP contribution in [0, 0.1) is 6.92 Å². The molecular formula is C23H18Br2I21N2O4-. The van der Waals surface area contributed by atoms with Gasteiger partial charge < -0.3 is 20.1 Å². The van der Waals surface area contributed by atoms with Crippen LogP contribution >= 0.6 is 318 Å². The molecule has 2 amide bonds. The quantitative estimate of drug-likeness (QED) is 0.174. The summed E-state index contributed by atoms with van der Waals surface area (Å²) in [5.41, 5.74) is 3.35. The van der Waals surface area contributed by atoms with Gasteiger partial charge in [0.25, 0.3) is 11.8 Å². The molecule has 0 saturated carbocycles. The molecule has 6 nitrogen and oxygen atoms in total. The van der Waals surface area contributed by atoms with Crippen molar-refractivity contribution < 1.29 is 32.3 Å². The number of hydrogen-bond donors (Lipinski definition) is 2. The zero-order valence-corrected chi connectivity index (χ0v) is 72.8. The Kier molecular flexibility index (Phi) is 39.5. The van der Waals surface area contributed by atoms with Crippen LogP contribution in [0.25, 0.3) is 0 Å². The molecule has 2 heterocycles. The third-order valence-corrected chi connectivity index (χ3v) is 1080. The van der Waals surface area contributed by atoms with Gasteiger partial charge in [-0.3, -0.25) is 9.59 Å². The molecular weight excluding hydrogens is 3190 g/mol. The number of amides is 2. The van der Waals surface area contributed by atoms with Crippen molar-refractivity contribution in [1.29, 1.82) is 0 Å². The van der Waals surface area contributed by atoms with Gasteiger partial charge in [0.15, 0.2) is 0 Å². The van der Waals surface area contributed by atoms with E-state index in [2.05, 4.69) is 266 Å². The first-order valence-corrected chi connectivity index (χ1v) is 133. The van der Waals surface area contributed by atoms with Crippen LogP contribution in [0.15, 0.2) is 71.2 Å². The van der Waals surface area contributed by atoms with Crippen LogP contribution in [-0.2, 0) is 9.59 Å². The maximum absolute atomic E-state index is 12.2. The Morgan fingerprint density at radius 3 is 1.58 bits per heavy atom. The SMILES string of the molecule is Cc1ccc(Br)cc1C1Oc2ccccc2NC1=O.II(I)I(I)I(I)I(I)I.I[I-]I(I)I(I)I(I)I(I)I.O=C1Nc2ccccc2OC1Br. The van der Waals surface area contributed by atoms with Gasteiger partial charge in [-0.05, 0) is 64.8 Å². The summed E-state index contributed by atoms with van der Waals surface area (Å²) < 4.78 is 12.0. The smallest absolute Gasteiger partial charge is 0.276 e. The van der Waals surface area contributed by atoms with Crippen LogP contribution in [0.4, 0.5) is 11.4 Å². The molecule has 52 heavy (non-hydrogen) atoms. The van der Waals surface area contributed by atoms with Crippen molar-refractivity contribution in [3.8, 4) is 11.5 Å². The van der Waals surface area contributed by atoms with Gasteiger partial charge in [-0.2, -0.15) is 0 Å². The van der Waals surface area contributed by atoms with Crippen molar-refractivity contribution in [2.45, 2.75) is 18.0 Å². The van der Waals surface area contributed by atoms with E-state index in [1.54, 1.807) is 6.07 Å². The van der Waals surface area contributed by atoms with Crippen LogP contribution in [0.5, 0.6) is 11.5 Å². The average molecular weight is 3210 g/mol. The van der Waals surface area contributed by atoms with Gasteiger partial charge in [0, 0.05) is 10.0 Å². The van der Waals surface area contributed by atoms with E-state index in [0.29, 0.717) is 24.8 Å². The molecule has 0 saturated heterocycles. The van der Waals surface area contributed by atoms with Gasteiger partial charge in [0.05, 0.1) is 11.4 Å². The van der Waals surface area contributed by atoms with Gasteiger partial charge in [-0.1, -0.05) is 46.3 Å². The molecule has 0 bridgehead atoms. The molecule has 0 aromatic heterocycles. The number of carbonyl (C=O) groups is 2. The predicted octanol–water partition coefficient (Wildman–Crippen LogP) is 20.3. The summed E-state index contributed by atoms with van der Waals surface area (Å²) in [4.78, 5) is 23.2. The van der Waals surface area contributed by atoms with E-state index in [4.69, 9.17) is 9.47 Å². The second-order valence-corrected chi connectivity index (χ2v) is 416. The molecule has 306 valence electrons. The van der Waals surface area contributed by atoms with Crippen molar-refractivity contribution in [3.05, 3.63) is 82.3 Å². The molecule has 5 rings (SSSR count). The maximum Gasteiger partial charge on any atom is 0.276 e. The van der Waals surface area contributed by atoms with Crippen LogP contribution < -0.4 is 33.4 Å². The van der Waals surface area contributed by atoms with Gasteiger partial charge in [-0.15, -0.1) is 0 Å². The Balaban J connectivity index is 0.000000251. The number of fused-ring (bicyclic) bond motifs is 2. The first-order valence-electron chi connectivity index (χ1n) is 12.2. The van der Waals surface area contributed by atoms with Crippen LogP contribution in [-0.4, -0.2) is 16.8 Å². The number of alkyl halides is 1. The minimum atomic E-state index is -0.604. The number of nitrogens with one attached hydrogen (secondary N) is 2. The maximum atomic E-state index is 12.2. The Bertz CT molecular complexity index is 1590. The van der Waals surface area contributed by atoms with Crippen LogP contribution in [0.3, 0.4) is 0 Å². The molecule has 2 aliphatic heterocycles.